The molecule has 7 heteroatoms. The highest BCUT2D eigenvalue weighted by molar-refractivity contribution is 6.68. The number of hydrogen-bond donors (Lipinski definition) is 0. The molecule has 0 bridgehead atoms. The molecular weight excluding hydrogens is 261 g/mol. The predicted octanol–water partition coefficient (Wildman–Crippen LogP) is 2.59. The molecule has 2 saturated heterocycles. The first-order valence-electron chi connectivity index (χ1n) is 7.14. The summed E-state index contributed by atoms with van der Waals surface area (Å²) in [6.45, 7) is 15.1. The maximum Gasteiger partial charge on any atom is 0.492 e. The van der Waals surface area contributed by atoms with Crippen molar-refractivity contribution in [1.29, 1.82) is 0 Å². The topological polar surface area (TPSA) is 36.9 Å². The fraction of sp³-hybridized carbons (Fsp3) is 1.00. The van der Waals surface area contributed by atoms with Crippen LogP contribution in [0.3, 0.4) is 0 Å². The molecule has 0 spiro atoms. The fourth-order valence-corrected chi connectivity index (χ4v) is 2.17. The number of halogens is 1. The fourth-order valence-electron chi connectivity index (χ4n) is 2.17. The van der Waals surface area contributed by atoms with E-state index in [0.717, 1.165) is 0 Å². The lowest BCUT2D eigenvalue weighted by Crippen LogP contribution is -2.45. The lowest BCUT2D eigenvalue weighted by Gasteiger charge is -2.32. The van der Waals surface area contributed by atoms with Crippen LogP contribution in [0.25, 0.3) is 0 Å². The highest BCUT2D eigenvalue weighted by Gasteiger charge is 2.62. The summed E-state index contributed by atoms with van der Waals surface area (Å²) in [5.74, 6) is -1.49. The number of alkyl halides is 1. The molecule has 4 nitrogen and oxygen atoms in total. The molecule has 0 aromatic carbocycles. The molecule has 2 rings (SSSR count). The van der Waals surface area contributed by atoms with Gasteiger partial charge in [0.25, 0.3) is 0 Å². The van der Waals surface area contributed by atoms with E-state index in [1.54, 1.807) is 0 Å². The van der Waals surface area contributed by atoms with Crippen LogP contribution >= 0.6 is 0 Å². The Bertz CT molecular complexity index is 330. The summed E-state index contributed by atoms with van der Waals surface area (Å²) in [5, 5.41) is 0. The lowest BCUT2D eigenvalue weighted by molar-refractivity contribution is 0.00578. The van der Waals surface area contributed by atoms with Crippen molar-refractivity contribution in [3.8, 4) is 0 Å². The van der Waals surface area contributed by atoms with E-state index in [1.807, 2.05) is 55.4 Å². The third-order valence-electron chi connectivity index (χ3n) is 5.06. The zero-order chi connectivity index (χ0) is 15.6. The Labute approximate surface area is 122 Å². The second-order valence-electron chi connectivity index (χ2n) is 7.69. The standard InChI is InChI=1S/C13H25B2FO4/c1-10(2)11(3,4)18-14(17-10)9(16)15-19-12(5,6)13(7,8)20-15/h9H,1-8H3. The van der Waals surface area contributed by atoms with E-state index in [2.05, 4.69) is 0 Å². The highest BCUT2D eigenvalue weighted by Crippen LogP contribution is 2.42. The van der Waals surface area contributed by atoms with E-state index in [4.69, 9.17) is 18.6 Å². The minimum absolute atomic E-state index is 0.564. The van der Waals surface area contributed by atoms with Crippen LogP contribution in [0.2, 0.25) is 0 Å². The molecule has 2 fully saturated rings. The molecule has 0 aromatic heterocycles. The van der Waals surface area contributed by atoms with E-state index < -0.39 is 42.6 Å². The van der Waals surface area contributed by atoms with Crippen molar-refractivity contribution < 1.29 is 23.0 Å². The third kappa shape index (κ3) is 2.43. The van der Waals surface area contributed by atoms with Crippen LogP contribution in [-0.4, -0.2) is 42.6 Å². The van der Waals surface area contributed by atoms with Gasteiger partial charge in [0.1, 0.15) is 0 Å². The van der Waals surface area contributed by atoms with Crippen molar-refractivity contribution in [2.24, 2.45) is 0 Å². The highest BCUT2D eigenvalue weighted by atomic mass is 19.1. The Balaban J connectivity index is 2.10. The van der Waals surface area contributed by atoms with Crippen LogP contribution < -0.4 is 0 Å². The summed E-state index contributed by atoms with van der Waals surface area (Å²) in [6, 6.07) is 0. The molecule has 114 valence electrons. The number of rotatable bonds is 2. The van der Waals surface area contributed by atoms with Gasteiger partial charge in [-0.2, -0.15) is 0 Å². The summed E-state index contributed by atoms with van der Waals surface area (Å²) in [6.07, 6.45) is 0. The summed E-state index contributed by atoms with van der Waals surface area (Å²) < 4.78 is 37.6. The molecule has 2 aliphatic rings. The van der Waals surface area contributed by atoms with E-state index in [1.165, 1.54) is 0 Å². The zero-order valence-corrected chi connectivity index (χ0v) is 13.7. The molecule has 0 atom stereocenters. The maximum absolute atomic E-state index is 14.7. The molecule has 0 N–H and O–H groups in total. The van der Waals surface area contributed by atoms with Crippen LogP contribution in [0.1, 0.15) is 55.4 Å². The lowest BCUT2D eigenvalue weighted by atomic mass is 9.61. The summed E-state index contributed by atoms with van der Waals surface area (Å²) in [5.41, 5.74) is -2.26. The predicted molar refractivity (Wildman–Crippen MR) is 77.1 cm³/mol. The van der Waals surface area contributed by atoms with Gasteiger partial charge in [-0.15, -0.1) is 0 Å². The zero-order valence-electron chi connectivity index (χ0n) is 13.7. The van der Waals surface area contributed by atoms with E-state index in [0.29, 0.717) is 0 Å². The van der Waals surface area contributed by atoms with Crippen molar-refractivity contribution in [3.05, 3.63) is 0 Å². The largest absolute Gasteiger partial charge is 0.492 e. The molecule has 2 aliphatic heterocycles. The first kappa shape index (κ1) is 16.3. The Morgan fingerprint density at radius 2 is 0.800 bits per heavy atom. The van der Waals surface area contributed by atoms with Gasteiger partial charge in [0.2, 0.25) is 0 Å². The summed E-state index contributed by atoms with van der Waals surface area (Å²) in [4.78, 5) is 0. The van der Waals surface area contributed by atoms with Crippen molar-refractivity contribution >= 4 is 14.2 Å². The molecule has 0 aromatic rings. The number of hydrogen-bond acceptors (Lipinski definition) is 4. The summed E-state index contributed by atoms with van der Waals surface area (Å²) in [7, 11) is -1.95. The molecule has 0 unspecified atom stereocenters. The van der Waals surface area contributed by atoms with Gasteiger partial charge in [0.15, 0.2) is 5.97 Å². The summed E-state index contributed by atoms with van der Waals surface area (Å²) >= 11 is 0. The Kier molecular flexibility index (Phi) is 3.62. The van der Waals surface area contributed by atoms with Crippen molar-refractivity contribution in [1.82, 2.24) is 0 Å². The maximum atomic E-state index is 14.7. The average molecular weight is 286 g/mol. The van der Waals surface area contributed by atoms with E-state index in [9.17, 15) is 4.39 Å². The van der Waals surface area contributed by atoms with Gasteiger partial charge in [-0.1, -0.05) is 0 Å². The minimum Gasteiger partial charge on any atom is -0.402 e. The van der Waals surface area contributed by atoms with Gasteiger partial charge in [-0.3, -0.25) is 4.39 Å². The molecule has 0 saturated carbocycles. The minimum atomic E-state index is -1.49. The molecule has 0 amide bonds. The second kappa shape index (κ2) is 4.45. The van der Waals surface area contributed by atoms with Gasteiger partial charge in [-0.05, 0) is 55.4 Å². The Hall–Kier alpha value is -0.100. The SMILES string of the molecule is CC1(C)OB(C(F)B2OC(C)(C)C(C)(C)O2)OC1(C)C. The van der Waals surface area contributed by atoms with Crippen LogP contribution in [0.15, 0.2) is 0 Å². The van der Waals surface area contributed by atoms with Crippen LogP contribution in [0.5, 0.6) is 0 Å². The Morgan fingerprint density at radius 1 is 0.600 bits per heavy atom. The molecule has 2 heterocycles. The molecule has 0 aliphatic carbocycles. The van der Waals surface area contributed by atoms with Gasteiger partial charge in [0, 0.05) is 0 Å². The average Bonchev–Trinajstić information content (AvgIpc) is 2.57. The molecular formula is C13H25B2FO4. The van der Waals surface area contributed by atoms with Gasteiger partial charge in [-0.25, -0.2) is 0 Å². The van der Waals surface area contributed by atoms with E-state index >= 15 is 0 Å². The van der Waals surface area contributed by atoms with Crippen molar-refractivity contribution in [3.63, 3.8) is 0 Å². The van der Waals surface area contributed by atoms with Crippen molar-refractivity contribution in [2.45, 2.75) is 83.8 Å². The quantitative estimate of drug-likeness (QED) is 0.731. The smallest absolute Gasteiger partial charge is 0.402 e. The monoisotopic (exact) mass is 286 g/mol. The molecule has 0 radical (unpaired) electrons. The van der Waals surface area contributed by atoms with Gasteiger partial charge in [0.05, 0.1) is 22.4 Å². The van der Waals surface area contributed by atoms with Crippen LogP contribution in [0, 0.1) is 0 Å². The van der Waals surface area contributed by atoms with Gasteiger partial charge < -0.3 is 18.6 Å². The normalized spacial score (nSPS) is 30.3. The first-order chi connectivity index (χ1) is 8.79. The van der Waals surface area contributed by atoms with Crippen LogP contribution in [0.4, 0.5) is 4.39 Å². The Morgan fingerprint density at radius 3 is 1.00 bits per heavy atom. The second-order valence-corrected chi connectivity index (χ2v) is 7.69. The third-order valence-corrected chi connectivity index (χ3v) is 5.06. The van der Waals surface area contributed by atoms with Crippen LogP contribution in [-0.2, 0) is 18.6 Å². The van der Waals surface area contributed by atoms with Gasteiger partial charge >= 0.3 is 14.2 Å². The first-order valence-corrected chi connectivity index (χ1v) is 7.14. The van der Waals surface area contributed by atoms with Crippen molar-refractivity contribution in [2.75, 3.05) is 0 Å². The van der Waals surface area contributed by atoms with E-state index in [-0.39, 0.29) is 0 Å². The molecule has 20 heavy (non-hydrogen) atoms.